The largest absolute Gasteiger partial charge is 0.489 e. The first kappa shape index (κ1) is 28.5. The molecule has 6 nitrogen and oxygen atoms in total. The van der Waals surface area contributed by atoms with Gasteiger partial charge in [0.2, 0.25) is 5.78 Å². The van der Waals surface area contributed by atoms with Crippen LogP contribution in [0.5, 0.6) is 5.75 Å². The summed E-state index contributed by atoms with van der Waals surface area (Å²) in [6, 6.07) is 24.5. The Bertz CT molecular complexity index is 1790. The lowest BCUT2D eigenvalue weighted by Gasteiger charge is -2.15. The fourth-order valence-electron chi connectivity index (χ4n) is 4.92. The number of aromatic nitrogens is 1. The first-order chi connectivity index (χ1) is 20.2. The van der Waals surface area contributed by atoms with Gasteiger partial charge in [0.1, 0.15) is 18.2 Å². The molecule has 0 radical (unpaired) electrons. The molecule has 1 N–H and O–H groups in total. The first-order valence-electron chi connectivity index (χ1n) is 13.8. The molecular formula is C35H32FN3O3. The van der Waals surface area contributed by atoms with Gasteiger partial charge in [0.25, 0.3) is 5.91 Å². The molecule has 0 aliphatic rings. The highest BCUT2D eigenvalue weighted by Crippen LogP contribution is 2.28. The predicted octanol–water partition coefficient (Wildman–Crippen LogP) is 7.39. The maximum atomic E-state index is 13.4. The van der Waals surface area contributed by atoms with Crippen LogP contribution in [-0.4, -0.2) is 22.3 Å². The minimum atomic E-state index is -0.405. The quantitative estimate of drug-likeness (QED) is 0.116. The molecule has 7 heteroatoms. The number of halogens is 1. The van der Waals surface area contributed by atoms with Crippen LogP contribution in [0.2, 0.25) is 0 Å². The predicted molar refractivity (Wildman–Crippen MR) is 163 cm³/mol. The van der Waals surface area contributed by atoms with Gasteiger partial charge in [-0.1, -0.05) is 44.2 Å². The van der Waals surface area contributed by atoms with Gasteiger partial charge in [-0.3, -0.25) is 9.59 Å². The van der Waals surface area contributed by atoms with E-state index in [1.54, 1.807) is 28.9 Å². The number of carbonyl (C=O) groups excluding carboxylic acids is 2. The average Bonchev–Trinajstić information content (AvgIpc) is 3.27. The molecule has 0 aliphatic heterocycles. The number of benzene rings is 3. The van der Waals surface area contributed by atoms with Crippen LogP contribution in [0, 0.1) is 19.7 Å². The number of ether oxygens (including phenoxy) is 1. The SMILES string of the molecule is Cc1ccc(C(C)C)c(OCc2ccc(C(=O)N/N=C\c3c(C)c(C(=O)c4ccc(F)cc4)n4ccccc34)cc2)c1. The smallest absolute Gasteiger partial charge is 0.271 e. The lowest BCUT2D eigenvalue weighted by molar-refractivity contribution is 0.0954. The third-order valence-electron chi connectivity index (χ3n) is 7.22. The van der Waals surface area contributed by atoms with Crippen LogP contribution >= 0.6 is 0 Å². The van der Waals surface area contributed by atoms with E-state index in [-0.39, 0.29) is 11.7 Å². The molecule has 1 amide bonds. The van der Waals surface area contributed by atoms with E-state index >= 15 is 0 Å². The molecule has 0 fully saturated rings. The molecule has 0 spiro atoms. The maximum absolute atomic E-state index is 13.4. The van der Waals surface area contributed by atoms with Crippen LogP contribution in [0.25, 0.3) is 5.52 Å². The molecule has 0 unspecified atom stereocenters. The zero-order valence-corrected chi connectivity index (χ0v) is 24.0. The molecule has 0 saturated carbocycles. The number of carbonyl (C=O) groups is 2. The van der Waals surface area contributed by atoms with Crippen LogP contribution in [0.1, 0.15) is 74.0 Å². The van der Waals surface area contributed by atoms with Crippen molar-refractivity contribution < 1.29 is 18.7 Å². The molecule has 0 bridgehead atoms. The summed E-state index contributed by atoms with van der Waals surface area (Å²) in [6.45, 7) is 8.54. The van der Waals surface area contributed by atoms with Crippen LogP contribution in [0.3, 0.4) is 0 Å². The van der Waals surface area contributed by atoms with Crippen molar-refractivity contribution in [2.75, 3.05) is 0 Å². The minimum absolute atomic E-state index is 0.232. The van der Waals surface area contributed by atoms with Crippen molar-refractivity contribution in [1.29, 1.82) is 0 Å². The van der Waals surface area contributed by atoms with Crippen LogP contribution in [0.15, 0.2) is 96.2 Å². The highest BCUT2D eigenvalue weighted by Gasteiger charge is 2.21. The van der Waals surface area contributed by atoms with Crippen molar-refractivity contribution in [2.24, 2.45) is 5.10 Å². The number of nitrogens with one attached hydrogen (secondary N) is 1. The maximum Gasteiger partial charge on any atom is 0.271 e. The third-order valence-corrected chi connectivity index (χ3v) is 7.22. The molecule has 0 aliphatic carbocycles. The molecule has 0 atom stereocenters. The third kappa shape index (κ3) is 6.00. The van der Waals surface area contributed by atoms with Gasteiger partial charge in [-0.25, -0.2) is 9.82 Å². The number of pyridine rings is 1. The molecule has 2 heterocycles. The van der Waals surface area contributed by atoms with Gasteiger partial charge < -0.3 is 9.14 Å². The minimum Gasteiger partial charge on any atom is -0.489 e. The first-order valence-corrected chi connectivity index (χ1v) is 13.8. The number of hydrogen-bond acceptors (Lipinski definition) is 4. The van der Waals surface area contributed by atoms with Crippen LogP contribution in [-0.2, 0) is 6.61 Å². The average molecular weight is 562 g/mol. The van der Waals surface area contributed by atoms with E-state index in [4.69, 9.17) is 4.74 Å². The molecule has 0 saturated heterocycles. The Balaban J connectivity index is 1.28. The number of hydrogen-bond donors (Lipinski definition) is 1. The van der Waals surface area contributed by atoms with Crippen molar-refractivity contribution >= 4 is 23.4 Å². The summed E-state index contributed by atoms with van der Waals surface area (Å²) in [5.74, 6) is 0.227. The normalized spacial score (nSPS) is 11.4. The summed E-state index contributed by atoms with van der Waals surface area (Å²) in [5.41, 5.74) is 9.28. The summed E-state index contributed by atoms with van der Waals surface area (Å²) < 4.78 is 21.3. The van der Waals surface area contributed by atoms with Crippen molar-refractivity contribution in [1.82, 2.24) is 9.83 Å². The summed E-state index contributed by atoms with van der Waals surface area (Å²) in [7, 11) is 0. The zero-order chi connectivity index (χ0) is 29.8. The number of fused-ring (bicyclic) bond motifs is 1. The van der Waals surface area contributed by atoms with Crippen molar-refractivity contribution in [3.8, 4) is 5.75 Å². The van der Waals surface area contributed by atoms with Gasteiger partial charge in [0.05, 0.1) is 17.4 Å². The highest BCUT2D eigenvalue weighted by atomic mass is 19.1. The van der Waals surface area contributed by atoms with Gasteiger partial charge >= 0.3 is 0 Å². The Morgan fingerprint density at radius 1 is 0.952 bits per heavy atom. The van der Waals surface area contributed by atoms with Gasteiger partial charge in [-0.15, -0.1) is 0 Å². The Labute approximate surface area is 244 Å². The molecule has 5 rings (SSSR count). The monoisotopic (exact) mass is 561 g/mol. The lowest BCUT2D eigenvalue weighted by Crippen LogP contribution is -2.17. The summed E-state index contributed by atoms with van der Waals surface area (Å²) in [6.07, 6.45) is 3.34. The van der Waals surface area contributed by atoms with Crippen molar-refractivity contribution in [3.63, 3.8) is 0 Å². The van der Waals surface area contributed by atoms with E-state index in [0.29, 0.717) is 40.5 Å². The van der Waals surface area contributed by atoms with Crippen LogP contribution in [0.4, 0.5) is 4.39 Å². The van der Waals surface area contributed by atoms with E-state index < -0.39 is 5.82 Å². The van der Waals surface area contributed by atoms with Crippen molar-refractivity contribution in [2.45, 2.75) is 40.2 Å². The second-order valence-corrected chi connectivity index (χ2v) is 10.6. The number of ketones is 1. The van der Waals surface area contributed by atoms with Crippen LogP contribution < -0.4 is 10.2 Å². The second-order valence-electron chi connectivity index (χ2n) is 10.6. The molecule has 3 aromatic carbocycles. The van der Waals surface area contributed by atoms with E-state index in [1.807, 2.05) is 50.2 Å². The number of rotatable bonds is 9. The Morgan fingerprint density at radius 3 is 2.38 bits per heavy atom. The number of nitrogens with zero attached hydrogens (tertiary/aromatic N) is 2. The fraction of sp³-hybridized carbons (Fsp3) is 0.171. The van der Waals surface area contributed by atoms with E-state index in [1.165, 1.54) is 24.3 Å². The Morgan fingerprint density at radius 2 is 1.67 bits per heavy atom. The zero-order valence-electron chi connectivity index (χ0n) is 24.0. The summed E-state index contributed by atoms with van der Waals surface area (Å²) in [5, 5.41) is 4.20. The van der Waals surface area contributed by atoms with Gasteiger partial charge in [0, 0.05) is 22.9 Å². The number of hydrazone groups is 1. The van der Waals surface area contributed by atoms with Gasteiger partial charge in [-0.2, -0.15) is 5.10 Å². The summed E-state index contributed by atoms with van der Waals surface area (Å²) >= 11 is 0. The molecule has 42 heavy (non-hydrogen) atoms. The second kappa shape index (κ2) is 12.2. The molecular weight excluding hydrogens is 529 g/mol. The summed E-state index contributed by atoms with van der Waals surface area (Å²) in [4.78, 5) is 26.1. The van der Waals surface area contributed by atoms with Crippen molar-refractivity contribution in [3.05, 3.63) is 142 Å². The molecule has 2 aromatic heterocycles. The van der Waals surface area contributed by atoms with E-state index in [0.717, 1.165) is 28.0 Å². The molecule has 212 valence electrons. The van der Waals surface area contributed by atoms with E-state index in [9.17, 15) is 14.0 Å². The Kier molecular flexibility index (Phi) is 8.29. The van der Waals surface area contributed by atoms with Gasteiger partial charge in [-0.05, 0) is 96.6 Å². The standard InChI is InChI=1S/C35H32FN3O3/c1-22(2)29-17-8-23(3)19-32(29)42-21-25-9-11-27(12-10-25)35(41)38-37-20-30-24(4)33(39-18-6-5-7-31(30)39)34(40)26-13-15-28(36)16-14-26/h5-20,22H,21H2,1-4H3,(H,38,41)/b37-20-. The fourth-order valence-corrected chi connectivity index (χ4v) is 4.92. The van der Waals surface area contributed by atoms with E-state index in [2.05, 4.69) is 36.5 Å². The topological polar surface area (TPSA) is 72.2 Å². The number of amides is 1. The number of aryl methyl sites for hydroxylation is 1. The molecule has 5 aromatic rings. The Hall–Kier alpha value is -5.04. The van der Waals surface area contributed by atoms with Gasteiger partial charge in [0.15, 0.2) is 0 Å². The lowest BCUT2D eigenvalue weighted by atomic mass is 10.0. The highest BCUT2D eigenvalue weighted by molar-refractivity contribution is 6.12.